The van der Waals surface area contributed by atoms with Gasteiger partial charge in [0.25, 0.3) is 5.91 Å². The van der Waals surface area contributed by atoms with Crippen LogP contribution >= 0.6 is 0 Å². The number of amides is 1. The van der Waals surface area contributed by atoms with Crippen LogP contribution in [0.25, 0.3) is 6.08 Å². The number of carbonyl (C=O) groups is 1. The van der Waals surface area contributed by atoms with Gasteiger partial charge in [0.15, 0.2) is 0 Å². The lowest BCUT2D eigenvalue weighted by Crippen LogP contribution is -2.29. The molecule has 112 valence electrons. The van der Waals surface area contributed by atoms with E-state index in [0.717, 1.165) is 5.56 Å². The first-order chi connectivity index (χ1) is 10.5. The molecule has 1 aliphatic heterocycles. The number of hydrogen-bond donors (Lipinski definition) is 1. The summed E-state index contributed by atoms with van der Waals surface area (Å²) in [5.41, 5.74) is 1.48. The predicted octanol–water partition coefficient (Wildman–Crippen LogP) is 2.69. The number of rotatable bonds is 3. The van der Waals surface area contributed by atoms with Crippen LogP contribution in [0.2, 0.25) is 0 Å². The Labute approximate surface area is 129 Å². The van der Waals surface area contributed by atoms with E-state index in [4.69, 9.17) is 0 Å². The maximum absolute atomic E-state index is 12.4. The number of carbonyl (C=O) groups excluding carboxylic acids is 1. The van der Waals surface area contributed by atoms with Crippen molar-refractivity contribution in [3.63, 3.8) is 0 Å². The van der Waals surface area contributed by atoms with Crippen LogP contribution in [0, 0.1) is 0 Å². The van der Waals surface area contributed by atoms with Gasteiger partial charge in [0.2, 0.25) is 9.84 Å². The Morgan fingerprint density at radius 2 is 1.64 bits per heavy atom. The molecule has 0 aromatic heterocycles. The zero-order valence-electron chi connectivity index (χ0n) is 12.0. The molecule has 2 aromatic carbocycles. The largest absolute Gasteiger partial charge is 0.345 e. The van der Waals surface area contributed by atoms with Crippen molar-refractivity contribution >= 4 is 21.8 Å². The molecule has 2 aromatic rings. The van der Waals surface area contributed by atoms with Gasteiger partial charge in [-0.25, -0.2) is 8.42 Å². The van der Waals surface area contributed by atoms with Crippen LogP contribution in [0.4, 0.5) is 0 Å². The smallest absolute Gasteiger partial charge is 0.263 e. The number of benzene rings is 2. The van der Waals surface area contributed by atoms with Gasteiger partial charge in [0.1, 0.15) is 4.91 Å². The van der Waals surface area contributed by atoms with E-state index in [1.807, 2.05) is 37.3 Å². The van der Waals surface area contributed by atoms with Gasteiger partial charge in [-0.15, -0.1) is 0 Å². The fourth-order valence-corrected chi connectivity index (χ4v) is 3.98. The lowest BCUT2D eigenvalue weighted by molar-refractivity contribution is -0.117. The molecular formula is C17H15NO3S. The Morgan fingerprint density at radius 3 is 2.32 bits per heavy atom. The summed E-state index contributed by atoms with van der Waals surface area (Å²) in [4.78, 5) is 12.3. The standard InChI is InChI=1S/C17H15NO3S/c1-12(13-7-3-2-4-8-13)18-17(19)16-11-14-9-5-6-10-15(14)22(16,20)21/h2-12H,1H3,(H,18,19). The maximum atomic E-state index is 12.4. The highest BCUT2D eigenvalue weighted by atomic mass is 32.2. The Bertz CT molecular complexity index is 854. The van der Waals surface area contributed by atoms with E-state index in [2.05, 4.69) is 5.32 Å². The summed E-state index contributed by atoms with van der Waals surface area (Å²) < 4.78 is 24.8. The molecule has 1 heterocycles. The first kappa shape index (κ1) is 14.5. The minimum Gasteiger partial charge on any atom is -0.345 e. The van der Waals surface area contributed by atoms with Crippen molar-refractivity contribution < 1.29 is 13.2 Å². The lowest BCUT2D eigenvalue weighted by Gasteiger charge is -2.14. The summed E-state index contributed by atoms with van der Waals surface area (Å²) in [6, 6.07) is 15.7. The third-order valence-electron chi connectivity index (χ3n) is 3.66. The second-order valence-corrected chi connectivity index (χ2v) is 7.04. The predicted molar refractivity (Wildman–Crippen MR) is 84.6 cm³/mol. The van der Waals surface area contributed by atoms with Crippen molar-refractivity contribution in [2.45, 2.75) is 17.9 Å². The highest BCUT2D eigenvalue weighted by molar-refractivity contribution is 7.96. The summed E-state index contributed by atoms with van der Waals surface area (Å²) >= 11 is 0. The molecule has 22 heavy (non-hydrogen) atoms. The van der Waals surface area contributed by atoms with Crippen LogP contribution < -0.4 is 5.32 Å². The van der Waals surface area contributed by atoms with Crippen molar-refractivity contribution in [3.05, 3.63) is 70.6 Å². The van der Waals surface area contributed by atoms with Crippen LogP contribution in [0.5, 0.6) is 0 Å². The molecule has 1 unspecified atom stereocenters. The van der Waals surface area contributed by atoms with Crippen LogP contribution in [0.3, 0.4) is 0 Å². The monoisotopic (exact) mass is 313 g/mol. The lowest BCUT2D eigenvalue weighted by atomic mass is 10.1. The molecule has 1 atom stereocenters. The Hall–Kier alpha value is -2.40. The van der Waals surface area contributed by atoms with E-state index in [0.29, 0.717) is 5.56 Å². The zero-order valence-corrected chi connectivity index (χ0v) is 12.8. The topological polar surface area (TPSA) is 63.2 Å². The summed E-state index contributed by atoms with van der Waals surface area (Å²) in [6.45, 7) is 1.82. The molecule has 5 heteroatoms. The highest BCUT2D eigenvalue weighted by Crippen LogP contribution is 2.32. The third kappa shape index (κ3) is 2.44. The number of fused-ring (bicyclic) bond motifs is 1. The zero-order chi connectivity index (χ0) is 15.7. The molecule has 1 amide bonds. The van der Waals surface area contributed by atoms with Crippen molar-refractivity contribution in [2.24, 2.45) is 0 Å². The quantitative estimate of drug-likeness (QED) is 0.947. The van der Waals surface area contributed by atoms with Crippen LogP contribution in [-0.4, -0.2) is 14.3 Å². The fraction of sp³-hybridized carbons (Fsp3) is 0.118. The van der Waals surface area contributed by atoms with Crippen molar-refractivity contribution in [3.8, 4) is 0 Å². The number of hydrogen-bond acceptors (Lipinski definition) is 3. The number of sulfone groups is 1. The molecule has 0 fully saturated rings. The fourth-order valence-electron chi connectivity index (χ4n) is 2.46. The van der Waals surface area contributed by atoms with Gasteiger partial charge < -0.3 is 5.32 Å². The Balaban J connectivity index is 1.86. The number of nitrogens with one attached hydrogen (secondary N) is 1. The van der Waals surface area contributed by atoms with Crippen LogP contribution in [0.15, 0.2) is 64.4 Å². The van der Waals surface area contributed by atoms with Crippen LogP contribution in [0.1, 0.15) is 24.1 Å². The summed E-state index contributed by atoms with van der Waals surface area (Å²) in [6.07, 6.45) is 1.43. The van der Waals surface area contributed by atoms with Gasteiger partial charge >= 0.3 is 0 Å². The van der Waals surface area contributed by atoms with Gasteiger partial charge in [-0.2, -0.15) is 0 Å². The summed E-state index contributed by atoms with van der Waals surface area (Å²) in [5, 5.41) is 2.74. The normalized spacial score (nSPS) is 16.5. The molecule has 0 saturated carbocycles. The van der Waals surface area contributed by atoms with E-state index in [1.165, 1.54) is 12.1 Å². The second kappa shape index (κ2) is 5.42. The van der Waals surface area contributed by atoms with Crippen LogP contribution in [-0.2, 0) is 14.6 Å². The van der Waals surface area contributed by atoms with Crippen molar-refractivity contribution in [1.29, 1.82) is 0 Å². The molecule has 4 nitrogen and oxygen atoms in total. The average Bonchev–Trinajstić information content (AvgIpc) is 2.80. The summed E-state index contributed by atoms with van der Waals surface area (Å²) in [7, 11) is -3.72. The van der Waals surface area contributed by atoms with Gasteiger partial charge in [-0.3, -0.25) is 4.79 Å². The second-order valence-electron chi connectivity index (χ2n) is 5.16. The van der Waals surface area contributed by atoms with E-state index >= 15 is 0 Å². The van der Waals surface area contributed by atoms with E-state index in [-0.39, 0.29) is 15.8 Å². The minimum atomic E-state index is -3.72. The molecule has 3 rings (SSSR count). The minimum absolute atomic E-state index is 0.188. The van der Waals surface area contributed by atoms with E-state index in [9.17, 15) is 13.2 Å². The molecule has 0 aliphatic carbocycles. The molecule has 0 spiro atoms. The molecule has 0 saturated heterocycles. The Morgan fingerprint density at radius 1 is 1.00 bits per heavy atom. The molecule has 0 radical (unpaired) electrons. The first-order valence-electron chi connectivity index (χ1n) is 6.92. The van der Waals surface area contributed by atoms with Crippen molar-refractivity contribution in [2.75, 3.05) is 0 Å². The molecule has 1 N–H and O–H groups in total. The van der Waals surface area contributed by atoms with Crippen molar-refractivity contribution in [1.82, 2.24) is 5.32 Å². The van der Waals surface area contributed by atoms with Gasteiger partial charge in [-0.05, 0) is 30.2 Å². The average molecular weight is 313 g/mol. The van der Waals surface area contributed by atoms with Gasteiger partial charge in [0, 0.05) is 0 Å². The SMILES string of the molecule is CC(NC(=O)C1=Cc2ccccc2S1(=O)=O)c1ccccc1. The summed E-state index contributed by atoms with van der Waals surface area (Å²) in [5.74, 6) is -0.576. The molecule has 0 bridgehead atoms. The highest BCUT2D eigenvalue weighted by Gasteiger charge is 2.34. The van der Waals surface area contributed by atoms with E-state index < -0.39 is 15.7 Å². The van der Waals surface area contributed by atoms with Gasteiger partial charge in [0.05, 0.1) is 10.9 Å². The molecular weight excluding hydrogens is 298 g/mol. The first-order valence-corrected chi connectivity index (χ1v) is 8.40. The van der Waals surface area contributed by atoms with E-state index in [1.54, 1.807) is 18.2 Å². The van der Waals surface area contributed by atoms with Gasteiger partial charge in [-0.1, -0.05) is 48.5 Å². The third-order valence-corrected chi connectivity index (χ3v) is 5.49. The molecule has 1 aliphatic rings. The Kier molecular flexibility index (Phi) is 3.58. The maximum Gasteiger partial charge on any atom is 0.263 e.